The third-order valence-corrected chi connectivity index (χ3v) is 4.23. The number of halogens is 1. The Labute approximate surface area is 148 Å². The number of nitrogens with zero attached hydrogens (tertiary/aromatic N) is 1. The quantitative estimate of drug-likeness (QED) is 0.648. The molecule has 0 bridgehead atoms. The van der Waals surface area contributed by atoms with Crippen LogP contribution in [0.3, 0.4) is 0 Å². The molecule has 0 spiro atoms. The van der Waals surface area contributed by atoms with Gasteiger partial charge in [-0.05, 0) is 37.6 Å². The molecule has 0 fully saturated rings. The highest BCUT2D eigenvalue weighted by molar-refractivity contribution is 5.89. The van der Waals surface area contributed by atoms with Gasteiger partial charge in [0.25, 0.3) is 0 Å². The number of ether oxygens (including phenoxy) is 2. The molecule has 8 heteroatoms. The predicted octanol–water partition coefficient (Wildman–Crippen LogP) is 3.28. The van der Waals surface area contributed by atoms with Crippen molar-refractivity contribution >= 4 is 11.7 Å². The van der Waals surface area contributed by atoms with Gasteiger partial charge in [0, 0.05) is 5.56 Å². The molecule has 0 amide bonds. The van der Waals surface area contributed by atoms with Crippen LogP contribution in [-0.2, 0) is 10.2 Å². The Morgan fingerprint density at radius 2 is 2.00 bits per heavy atom. The van der Waals surface area contributed by atoms with E-state index in [-0.39, 0.29) is 35.5 Å². The lowest BCUT2D eigenvalue weighted by Crippen LogP contribution is -2.38. The minimum absolute atomic E-state index is 0.0398. The molecule has 0 radical (unpaired) electrons. The molecule has 1 aliphatic rings. The summed E-state index contributed by atoms with van der Waals surface area (Å²) >= 11 is 0. The van der Waals surface area contributed by atoms with Crippen molar-refractivity contribution in [2.24, 2.45) is 0 Å². The Hall–Kier alpha value is -3.16. The normalized spacial score (nSPS) is 18.3. The van der Waals surface area contributed by atoms with Crippen molar-refractivity contribution in [1.29, 1.82) is 0 Å². The SMILES string of the molecule is CC(C)Oc1cc2c(cc1[N+](=O)[O-])OCC2(C(=O)O)c1ccc(F)cc1. The zero-order valence-corrected chi connectivity index (χ0v) is 14.1. The van der Waals surface area contributed by atoms with Crippen molar-refractivity contribution in [2.45, 2.75) is 25.4 Å². The molecule has 1 N–H and O–H groups in total. The van der Waals surface area contributed by atoms with E-state index in [4.69, 9.17) is 9.47 Å². The van der Waals surface area contributed by atoms with E-state index in [1.807, 2.05) is 0 Å². The fourth-order valence-electron chi connectivity index (χ4n) is 3.03. The molecular weight excluding hydrogens is 345 g/mol. The van der Waals surface area contributed by atoms with E-state index < -0.39 is 22.1 Å². The lowest BCUT2D eigenvalue weighted by molar-refractivity contribution is -0.386. The fourth-order valence-corrected chi connectivity index (χ4v) is 3.03. The van der Waals surface area contributed by atoms with Crippen LogP contribution >= 0.6 is 0 Å². The van der Waals surface area contributed by atoms with Gasteiger partial charge in [-0.15, -0.1) is 0 Å². The van der Waals surface area contributed by atoms with Crippen LogP contribution in [0.2, 0.25) is 0 Å². The van der Waals surface area contributed by atoms with Crippen molar-refractivity contribution in [3.05, 3.63) is 63.5 Å². The molecule has 2 aromatic rings. The van der Waals surface area contributed by atoms with Crippen LogP contribution < -0.4 is 9.47 Å². The molecule has 1 aliphatic heterocycles. The second kappa shape index (κ2) is 6.29. The molecule has 26 heavy (non-hydrogen) atoms. The Morgan fingerprint density at radius 1 is 1.35 bits per heavy atom. The maximum absolute atomic E-state index is 13.3. The summed E-state index contributed by atoms with van der Waals surface area (Å²) in [5.41, 5.74) is -1.36. The van der Waals surface area contributed by atoms with E-state index in [0.29, 0.717) is 5.56 Å². The number of nitro groups is 1. The van der Waals surface area contributed by atoms with Crippen LogP contribution in [-0.4, -0.2) is 28.7 Å². The number of fused-ring (bicyclic) bond motifs is 1. The van der Waals surface area contributed by atoms with E-state index in [0.717, 1.165) is 12.1 Å². The molecular formula is C18H16FNO6. The Bertz CT molecular complexity index is 880. The van der Waals surface area contributed by atoms with Gasteiger partial charge in [0.1, 0.15) is 18.2 Å². The molecule has 1 heterocycles. The maximum atomic E-state index is 13.3. The summed E-state index contributed by atoms with van der Waals surface area (Å²) in [7, 11) is 0. The van der Waals surface area contributed by atoms with Gasteiger partial charge in [-0.1, -0.05) is 12.1 Å². The Morgan fingerprint density at radius 3 is 2.54 bits per heavy atom. The first-order valence-corrected chi connectivity index (χ1v) is 7.87. The van der Waals surface area contributed by atoms with Gasteiger partial charge in [0.2, 0.25) is 0 Å². The van der Waals surface area contributed by atoms with Crippen molar-refractivity contribution in [2.75, 3.05) is 6.61 Å². The number of carboxylic acids is 1. The zero-order chi connectivity index (χ0) is 19.1. The van der Waals surface area contributed by atoms with Crippen LogP contribution in [0.15, 0.2) is 36.4 Å². The maximum Gasteiger partial charge on any atom is 0.322 e. The summed E-state index contributed by atoms with van der Waals surface area (Å²) in [6.07, 6.45) is -0.348. The summed E-state index contributed by atoms with van der Waals surface area (Å²) in [5, 5.41) is 21.3. The zero-order valence-electron chi connectivity index (χ0n) is 14.1. The highest BCUT2D eigenvalue weighted by Gasteiger charge is 2.50. The molecule has 0 aromatic heterocycles. The topological polar surface area (TPSA) is 98.9 Å². The third-order valence-electron chi connectivity index (χ3n) is 4.23. The van der Waals surface area contributed by atoms with Gasteiger partial charge in [-0.25, -0.2) is 4.39 Å². The van der Waals surface area contributed by atoms with Crippen molar-refractivity contribution in [3.8, 4) is 11.5 Å². The first-order chi connectivity index (χ1) is 12.3. The number of hydrogen-bond donors (Lipinski definition) is 1. The van der Waals surface area contributed by atoms with Gasteiger partial charge in [-0.2, -0.15) is 0 Å². The van der Waals surface area contributed by atoms with Crippen molar-refractivity contribution in [3.63, 3.8) is 0 Å². The van der Waals surface area contributed by atoms with Gasteiger partial charge >= 0.3 is 11.7 Å². The lowest BCUT2D eigenvalue weighted by atomic mass is 9.76. The first-order valence-electron chi connectivity index (χ1n) is 7.87. The smallest absolute Gasteiger partial charge is 0.322 e. The highest BCUT2D eigenvalue weighted by Crippen LogP contribution is 2.48. The summed E-state index contributed by atoms with van der Waals surface area (Å²) in [6, 6.07) is 7.56. The number of nitro benzene ring substituents is 1. The number of benzene rings is 2. The fraction of sp³-hybridized carbons (Fsp3) is 0.278. The van der Waals surface area contributed by atoms with Crippen LogP contribution in [0.25, 0.3) is 0 Å². The number of carbonyl (C=O) groups is 1. The second-order valence-corrected chi connectivity index (χ2v) is 6.25. The number of rotatable bonds is 5. The van der Waals surface area contributed by atoms with E-state index in [9.17, 15) is 24.4 Å². The number of hydrogen-bond acceptors (Lipinski definition) is 5. The minimum Gasteiger partial charge on any atom is -0.491 e. The van der Waals surface area contributed by atoms with Crippen molar-refractivity contribution < 1.29 is 28.7 Å². The largest absolute Gasteiger partial charge is 0.491 e. The van der Waals surface area contributed by atoms with Crippen LogP contribution in [0.5, 0.6) is 11.5 Å². The molecule has 0 saturated heterocycles. The molecule has 0 saturated carbocycles. The highest BCUT2D eigenvalue weighted by atomic mass is 19.1. The molecule has 1 unspecified atom stereocenters. The van der Waals surface area contributed by atoms with E-state index in [1.54, 1.807) is 13.8 Å². The predicted molar refractivity (Wildman–Crippen MR) is 89.2 cm³/mol. The third kappa shape index (κ3) is 2.73. The summed E-state index contributed by atoms with van der Waals surface area (Å²) in [4.78, 5) is 22.9. The van der Waals surface area contributed by atoms with E-state index in [2.05, 4.69) is 0 Å². The molecule has 136 valence electrons. The van der Waals surface area contributed by atoms with Crippen LogP contribution in [0.1, 0.15) is 25.0 Å². The number of carboxylic acid groups (broad SMARTS) is 1. The molecule has 2 aromatic carbocycles. The monoisotopic (exact) mass is 361 g/mol. The molecule has 7 nitrogen and oxygen atoms in total. The standard InChI is InChI=1S/C18H16FNO6/c1-10(2)26-16-7-13-15(8-14(16)20(23)24)25-9-18(13,17(21)22)11-3-5-12(19)6-4-11/h3-8,10H,9H2,1-2H3,(H,21,22). The average Bonchev–Trinajstić information content (AvgIpc) is 2.94. The first kappa shape index (κ1) is 17.7. The molecule has 0 aliphatic carbocycles. The molecule has 3 rings (SSSR count). The second-order valence-electron chi connectivity index (χ2n) is 6.25. The Balaban J connectivity index is 2.23. The van der Waals surface area contributed by atoms with Gasteiger partial charge in [-0.3, -0.25) is 14.9 Å². The van der Waals surface area contributed by atoms with Gasteiger partial charge in [0.05, 0.1) is 17.1 Å². The van der Waals surface area contributed by atoms with E-state index >= 15 is 0 Å². The van der Waals surface area contributed by atoms with Crippen LogP contribution in [0, 0.1) is 15.9 Å². The van der Waals surface area contributed by atoms with E-state index in [1.165, 1.54) is 24.3 Å². The Kier molecular flexibility index (Phi) is 4.27. The molecule has 1 atom stereocenters. The lowest BCUT2D eigenvalue weighted by Gasteiger charge is -2.24. The summed E-state index contributed by atoms with van der Waals surface area (Å²) in [5.74, 6) is -1.64. The van der Waals surface area contributed by atoms with Crippen molar-refractivity contribution in [1.82, 2.24) is 0 Å². The average molecular weight is 361 g/mol. The summed E-state index contributed by atoms with van der Waals surface area (Å²) in [6.45, 7) is 3.15. The van der Waals surface area contributed by atoms with Gasteiger partial charge < -0.3 is 14.6 Å². The van der Waals surface area contributed by atoms with Gasteiger partial charge in [0.15, 0.2) is 11.2 Å². The number of aliphatic carboxylic acids is 1. The van der Waals surface area contributed by atoms with Crippen LogP contribution in [0.4, 0.5) is 10.1 Å². The minimum atomic E-state index is -1.60. The summed E-state index contributed by atoms with van der Waals surface area (Å²) < 4.78 is 24.3.